The Labute approximate surface area is 166 Å². The summed E-state index contributed by atoms with van der Waals surface area (Å²) in [5, 5.41) is 2.91. The van der Waals surface area contributed by atoms with Crippen LogP contribution < -0.4 is 5.32 Å². The van der Waals surface area contributed by atoms with Gasteiger partial charge in [-0.3, -0.25) is 9.59 Å². The van der Waals surface area contributed by atoms with Crippen molar-refractivity contribution in [1.29, 1.82) is 0 Å². The second kappa shape index (κ2) is 8.26. The Morgan fingerprint density at radius 2 is 1.54 bits per heavy atom. The number of piperidine rings is 1. The fraction of sp³-hybridized carbons (Fsp3) is 0.300. The number of carbonyl (C=O) groups excluding carboxylic acids is 2. The molecule has 3 rings (SSSR count). The van der Waals surface area contributed by atoms with E-state index in [2.05, 4.69) is 17.9 Å². The average Bonchev–Trinajstić information content (AvgIpc) is 2.67. The van der Waals surface area contributed by atoms with Gasteiger partial charge in [-0.2, -0.15) is 13.2 Å². The Morgan fingerprint density at radius 1 is 0.964 bits per heavy atom. The largest absolute Gasteiger partial charge is 0.417 e. The minimum absolute atomic E-state index is 0.151. The van der Waals surface area contributed by atoms with Gasteiger partial charge in [0.05, 0.1) is 16.7 Å². The molecular weight excluding hydrogens is 389 g/mol. The molecule has 0 atom stereocenters. The summed E-state index contributed by atoms with van der Waals surface area (Å²) in [6.07, 6.45) is -3.64. The fourth-order valence-electron chi connectivity index (χ4n) is 3.24. The monoisotopic (exact) mass is 408 g/mol. The summed E-state index contributed by atoms with van der Waals surface area (Å²) in [7, 11) is 0. The van der Waals surface area contributed by atoms with E-state index in [1.54, 1.807) is 24.3 Å². The molecule has 2 aromatic carbocycles. The third kappa shape index (κ3) is 4.49. The maximum atomic E-state index is 13.2. The second-order valence-electron chi connectivity index (χ2n) is 6.60. The standard InChI is InChI=1S/C20H19F3N2O2S/c21-20(22,23)16-7-3-1-5-14(16)19(27)25-11-9-13(10-12-25)24-18(26)15-6-2-4-8-17(15)28/h1-8,13,28H,9-12H2,(H,24,26). The number of carbonyl (C=O) groups is 2. The topological polar surface area (TPSA) is 49.4 Å². The Kier molecular flexibility index (Phi) is 5.98. The summed E-state index contributed by atoms with van der Waals surface area (Å²) in [6, 6.07) is 11.6. The van der Waals surface area contributed by atoms with Crippen LogP contribution in [0, 0.1) is 0 Å². The van der Waals surface area contributed by atoms with Crippen LogP contribution in [-0.4, -0.2) is 35.8 Å². The van der Waals surface area contributed by atoms with Crippen molar-refractivity contribution in [3.05, 3.63) is 65.2 Å². The summed E-state index contributed by atoms with van der Waals surface area (Å²) >= 11 is 4.26. The minimum atomic E-state index is -4.58. The molecule has 0 unspecified atom stereocenters. The SMILES string of the molecule is O=C(NC1CCN(C(=O)c2ccccc2C(F)(F)F)CC1)c1ccccc1S. The molecule has 4 nitrogen and oxygen atoms in total. The number of rotatable bonds is 3. The Hall–Kier alpha value is -2.48. The predicted octanol–water partition coefficient (Wildman–Crippen LogP) is 4.03. The molecule has 0 bridgehead atoms. The quantitative estimate of drug-likeness (QED) is 0.754. The molecule has 2 amide bonds. The zero-order valence-electron chi connectivity index (χ0n) is 14.9. The molecule has 1 aliphatic heterocycles. The fourth-order valence-corrected chi connectivity index (χ4v) is 3.51. The van der Waals surface area contributed by atoms with Crippen molar-refractivity contribution >= 4 is 24.4 Å². The number of alkyl halides is 3. The maximum absolute atomic E-state index is 13.2. The molecule has 0 saturated carbocycles. The van der Waals surface area contributed by atoms with Gasteiger partial charge in [-0.1, -0.05) is 24.3 Å². The van der Waals surface area contributed by atoms with Crippen LogP contribution >= 0.6 is 12.6 Å². The van der Waals surface area contributed by atoms with Gasteiger partial charge in [0.15, 0.2) is 0 Å². The van der Waals surface area contributed by atoms with Gasteiger partial charge in [0.25, 0.3) is 11.8 Å². The number of thiol groups is 1. The van der Waals surface area contributed by atoms with E-state index in [9.17, 15) is 22.8 Å². The van der Waals surface area contributed by atoms with Crippen LogP contribution in [-0.2, 0) is 6.18 Å². The Balaban J connectivity index is 1.62. The van der Waals surface area contributed by atoms with Crippen LogP contribution in [0.2, 0.25) is 0 Å². The van der Waals surface area contributed by atoms with Gasteiger partial charge < -0.3 is 10.2 Å². The molecule has 0 aromatic heterocycles. The normalized spacial score (nSPS) is 15.4. The number of halogens is 3. The van der Waals surface area contributed by atoms with E-state index in [1.807, 2.05) is 0 Å². The third-order valence-corrected chi connectivity index (χ3v) is 5.12. The molecule has 28 heavy (non-hydrogen) atoms. The van der Waals surface area contributed by atoms with Crippen molar-refractivity contribution in [2.45, 2.75) is 30.0 Å². The molecule has 0 radical (unpaired) electrons. The lowest BCUT2D eigenvalue weighted by Gasteiger charge is -2.33. The molecule has 1 saturated heterocycles. The van der Waals surface area contributed by atoms with Crippen LogP contribution in [0.3, 0.4) is 0 Å². The van der Waals surface area contributed by atoms with Crippen LogP contribution in [0.15, 0.2) is 53.4 Å². The lowest BCUT2D eigenvalue weighted by molar-refractivity contribution is -0.138. The first-order valence-electron chi connectivity index (χ1n) is 8.81. The van der Waals surface area contributed by atoms with Crippen LogP contribution in [0.4, 0.5) is 13.2 Å². The molecule has 0 spiro atoms. The number of nitrogens with one attached hydrogen (secondary N) is 1. The molecule has 1 heterocycles. The van der Waals surface area contributed by atoms with Crippen molar-refractivity contribution in [2.24, 2.45) is 0 Å². The average molecular weight is 408 g/mol. The molecule has 0 aliphatic carbocycles. The number of likely N-dealkylation sites (tertiary alicyclic amines) is 1. The van der Waals surface area contributed by atoms with Gasteiger partial charge in [0.2, 0.25) is 0 Å². The van der Waals surface area contributed by atoms with E-state index in [-0.39, 0.29) is 30.6 Å². The van der Waals surface area contributed by atoms with Gasteiger partial charge in [-0.05, 0) is 37.1 Å². The van der Waals surface area contributed by atoms with Gasteiger partial charge >= 0.3 is 6.18 Å². The van der Waals surface area contributed by atoms with E-state index in [0.29, 0.717) is 23.3 Å². The Bertz CT molecular complexity index is 878. The van der Waals surface area contributed by atoms with E-state index < -0.39 is 17.6 Å². The summed E-state index contributed by atoms with van der Waals surface area (Å²) in [5.74, 6) is -0.892. The molecule has 1 fully saturated rings. The first-order chi connectivity index (χ1) is 13.3. The number of nitrogens with zero attached hydrogens (tertiary/aromatic N) is 1. The Morgan fingerprint density at radius 3 is 2.14 bits per heavy atom. The van der Waals surface area contributed by atoms with Crippen LogP contribution in [0.25, 0.3) is 0 Å². The van der Waals surface area contributed by atoms with Gasteiger partial charge in [-0.15, -0.1) is 12.6 Å². The highest BCUT2D eigenvalue weighted by molar-refractivity contribution is 7.80. The van der Waals surface area contributed by atoms with Crippen molar-refractivity contribution in [1.82, 2.24) is 10.2 Å². The predicted molar refractivity (Wildman–Crippen MR) is 102 cm³/mol. The first kappa shape index (κ1) is 20.3. The lowest BCUT2D eigenvalue weighted by Crippen LogP contribution is -2.46. The third-order valence-electron chi connectivity index (χ3n) is 4.73. The van der Waals surface area contributed by atoms with Crippen molar-refractivity contribution in [3.63, 3.8) is 0 Å². The lowest BCUT2D eigenvalue weighted by atomic mass is 10.0. The molecule has 8 heteroatoms. The van der Waals surface area contributed by atoms with E-state index in [4.69, 9.17) is 0 Å². The van der Waals surface area contributed by atoms with Crippen LogP contribution in [0.5, 0.6) is 0 Å². The summed E-state index contributed by atoms with van der Waals surface area (Å²) in [6.45, 7) is 0.553. The molecule has 148 valence electrons. The molecular formula is C20H19F3N2O2S. The van der Waals surface area contributed by atoms with E-state index in [0.717, 1.165) is 6.07 Å². The number of amides is 2. The zero-order chi connectivity index (χ0) is 20.3. The van der Waals surface area contributed by atoms with E-state index in [1.165, 1.54) is 23.1 Å². The first-order valence-corrected chi connectivity index (χ1v) is 9.26. The van der Waals surface area contributed by atoms with Gasteiger partial charge in [-0.25, -0.2) is 0 Å². The van der Waals surface area contributed by atoms with Crippen LogP contribution in [0.1, 0.15) is 39.1 Å². The van der Waals surface area contributed by atoms with Gasteiger partial charge in [0.1, 0.15) is 0 Å². The molecule has 1 aliphatic rings. The smallest absolute Gasteiger partial charge is 0.349 e. The number of hydrogen-bond donors (Lipinski definition) is 2. The highest BCUT2D eigenvalue weighted by atomic mass is 32.1. The minimum Gasteiger partial charge on any atom is -0.349 e. The second-order valence-corrected chi connectivity index (χ2v) is 7.08. The summed E-state index contributed by atoms with van der Waals surface area (Å²) in [4.78, 5) is 26.9. The zero-order valence-corrected chi connectivity index (χ0v) is 15.8. The molecule has 2 aromatic rings. The van der Waals surface area contributed by atoms with E-state index >= 15 is 0 Å². The maximum Gasteiger partial charge on any atom is 0.417 e. The van der Waals surface area contributed by atoms with Crippen molar-refractivity contribution < 1.29 is 22.8 Å². The highest BCUT2D eigenvalue weighted by Crippen LogP contribution is 2.32. The summed E-state index contributed by atoms with van der Waals surface area (Å²) in [5.41, 5.74) is -0.814. The number of benzene rings is 2. The highest BCUT2D eigenvalue weighted by Gasteiger charge is 2.36. The molecule has 1 N–H and O–H groups in total. The summed E-state index contributed by atoms with van der Waals surface area (Å²) < 4.78 is 39.5. The number of hydrogen-bond acceptors (Lipinski definition) is 3. The van der Waals surface area contributed by atoms with Gasteiger partial charge in [0, 0.05) is 24.0 Å². The van der Waals surface area contributed by atoms with Crippen molar-refractivity contribution in [3.8, 4) is 0 Å². The van der Waals surface area contributed by atoms with Crippen molar-refractivity contribution in [2.75, 3.05) is 13.1 Å².